The molecule has 0 amide bonds. The second-order valence-corrected chi connectivity index (χ2v) is 11.4. The van der Waals surface area contributed by atoms with Gasteiger partial charge in [-0.1, -0.05) is 54.9 Å². The minimum Gasteiger partial charge on any atom is -0.285 e. The van der Waals surface area contributed by atoms with Crippen LogP contribution in [0.2, 0.25) is 5.54 Å². The van der Waals surface area contributed by atoms with Crippen LogP contribution in [0.4, 0.5) is 0 Å². The molecule has 0 bridgehead atoms. The van der Waals surface area contributed by atoms with Gasteiger partial charge in [0.25, 0.3) is 10.1 Å². The molecule has 0 saturated carbocycles. The van der Waals surface area contributed by atoms with E-state index < -0.39 is 19.6 Å². The summed E-state index contributed by atoms with van der Waals surface area (Å²) in [7, 11) is -4.97. The van der Waals surface area contributed by atoms with Crippen molar-refractivity contribution in [3.63, 3.8) is 0 Å². The summed E-state index contributed by atoms with van der Waals surface area (Å²) >= 11 is 0. The van der Waals surface area contributed by atoms with Gasteiger partial charge in [-0.25, -0.2) is 0 Å². The van der Waals surface area contributed by atoms with Crippen LogP contribution in [0, 0.1) is 15.7 Å². The lowest BCUT2D eigenvalue weighted by atomic mass is 9.77. The molecule has 18 heavy (non-hydrogen) atoms. The standard InChI is InChI=1S/C13H29O3SSi/c1-8-9-10(17(14,15)16)18-11(12(2,3)4)13(5,6)7/h11H,8-9,18H2,1-7H3,(H,14,15,16). The SMILES string of the molecule is CCC[C]([SiH2]C(C(C)(C)C)C(C)(C)C)S(=O)(=O)O. The Labute approximate surface area is 115 Å². The molecular weight excluding hydrogens is 264 g/mol. The Morgan fingerprint density at radius 1 is 1.11 bits per heavy atom. The summed E-state index contributed by atoms with van der Waals surface area (Å²) in [6.45, 7) is 14.9. The van der Waals surface area contributed by atoms with Crippen LogP contribution in [0.25, 0.3) is 0 Å². The van der Waals surface area contributed by atoms with Crippen LogP contribution in [-0.2, 0) is 10.1 Å². The fourth-order valence-corrected chi connectivity index (χ4v) is 6.80. The summed E-state index contributed by atoms with van der Waals surface area (Å²) in [5.41, 5.74) is 0.468. The average Bonchev–Trinajstić information content (AvgIpc) is 2.05. The van der Waals surface area contributed by atoms with Gasteiger partial charge >= 0.3 is 0 Å². The van der Waals surface area contributed by atoms with Crippen molar-refractivity contribution in [1.29, 1.82) is 0 Å². The van der Waals surface area contributed by atoms with Crippen molar-refractivity contribution in [1.82, 2.24) is 0 Å². The minimum atomic E-state index is -3.96. The van der Waals surface area contributed by atoms with E-state index in [1.54, 1.807) is 0 Å². The molecule has 0 fully saturated rings. The first kappa shape index (κ1) is 18.1. The molecule has 0 aliphatic carbocycles. The molecule has 0 spiro atoms. The highest BCUT2D eigenvalue weighted by atomic mass is 32.2. The van der Waals surface area contributed by atoms with Gasteiger partial charge in [-0.15, -0.1) is 0 Å². The van der Waals surface area contributed by atoms with Crippen molar-refractivity contribution in [3.05, 3.63) is 4.87 Å². The zero-order valence-electron chi connectivity index (χ0n) is 12.9. The van der Waals surface area contributed by atoms with Gasteiger partial charge in [0.05, 0.1) is 9.52 Å². The fraction of sp³-hybridized carbons (Fsp3) is 0.923. The summed E-state index contributed by atoms with van der Waals surface area (Å²) < 4.78 is 32.3. The molecule has 109 valence electrons. The summed E-state index contributed by atoms with van der Waals surface area (Å²) in [5, 5.41) is 0. The zero-order chi connectivity index (χ0) is 14.8. The van der Waals surface area contributed by atoms with Crippen LogP contribution >= 0.6 is 0 Å². The van der Waals surface area contributed by atoms with Crippen molar-refractivity contribution >= 4 is 19.6 Å². The van der Waals surface area contributed by atoms with Crippen molar-refractivity contribution < 1.29 is 13.0 Å². The lowest BCUT2D eigenvalue weighted by Gasteiger charge is -2.41. The van der Waals surface area contributed by atoms with Crippen LogP contribution in [0.15, 0.2) is 0 Å². The van der Waals surface area contributed by atoms with E-state index in [0.29, 0.717) is 16.8 Å². The average molecular weight is 294 g/mol. The maximum atomic E-state index is 11.5. The summed E-state index contributed by atoms with van der Waals surface area (Å²) in [5.74, 6) is 0. The molecule has 0 aromatic heterocycles. The first-order valence-electron chi connectivity index (χ1n) is 6.62. The van der Waals surface area contributed by atoms with E-state index in [4.69, 9.17) is 0 Å². The van der Waals surface area contributed by atoms with Gasteiger partial charge < -0.3 is 0 Å². The van der Waals surface area contributed by atoms with Gasteiger partial charge in [0.15, 0.2) is 0 Å². The third kappa shape index (κ3) is 5.84. The summed E-state index contributed by atoms with van der Waals surface area (Å²) in [6.07, 6.45) is 1.27. The molecular formula is C13H29O3SSi. The monoisotopic (exact) mass is 293 g/mol. The highest BCUT2D eigenvalue weighted by molar-refractivity contribution is 7.90. The Morgan fingerprint density at radius 2 is 1.50 bits per heavy atom. The third-order valence-corrected chi connectivity index (χ3v) is 9.61. The molecule has 1 N–H and O–H groups in total. The lowest BCUT2D eigenvalue weighted by molar-refractivity contribution is 0.232. The summed E-state index contributed by atoms with van der Waals surface area (Å²) in [4.78, 5) is 0.417. The van der Waals surface area contributed by atoms with Crippen molar-refractivity contribution in [2.24, 2.45) is 10.8 Å². The fourth-order valence-electron chi connectivity index (χ4n) is 2.75. The molecule has 0 aromatic carbocycles. The van der Waals surface area contributed by atoms with E-state index in [0.717, 1.165) is 6.42 Å². The molecule has 0 saturated heterocycles. The van der Waals surface area contributed by atoms with Crippen LogP contribution in [0.3, 0.4) is 0 Å². The van der Waals surface area contributed by atoms with Gasteiger partial charge in [0, 0.05) is 0 Å². The lowest BCUT2D eigenvalue weighted by Crippen LogP contribution is -2.36. The number of rotatable bonds is 5. The van der Waals surface area contributed by atoms with Gasteiger partial charge in [-0.05, 0) is 22.8 Å². The molecule has 3 nitrogen and oxygen atoms in total. The van der Waals surface area contributed by atoms with Gasteiger partial charge in [-0.3, -0.25) is 4.55 Å². The van der Waals surface area contributed by atoms with Crippen LogP contribution in [0.1, 0.15) is 61.3 Å². The van der Waals surface area contributed by atoms with Gasteiger partial charge in [-0.2, -0.15) is 8.42 Å². The second-order valence-electron chi connectivity index (χ2n) is 7.25. The molecule has 0 heterocycles. The second kappa shape index (κ2) is 6.05. The summed E-state index contributed by atoms with van der Waals surface area (Å²) in [6, 6.07) is 0. The first-order valence-corrected chi connectivity index (χ1v) is 9.58. The number of hydrogen-bond acceptors (Lipinski definition) is 2. The van der Waals surface area contributed by atoms with E-state index in [2.05, 4.69) is 41.5 Å². The highest BCUT2D eigenvalue weighted by Gasteiger charge is 2.39. The highest BCUT2D eigenvalue weighted by Crippen LogP contribution is 2.46. The van der Waals surface area contributed by atoms with E-state index >= 15 is 0 Å². The van der Waals surface area contributed by atoms with Crippen molar-refractivity contribution in [2.75, 3.05) is 0 Å². The molecule has 0 unspecified atom stereocenters. The maximum absolute atomic E-state index is 11.5. The Morgan fingerprint density at radius 3 is 1.72 bits per heavy atom. The topological polar surface area (TPSA) is 54.4 Å². The van der Waals surface area contributed by atoms with Crippen LogP contribution in [0.5, 0.6) is 0 Å². The Balaban J connectivity index is 5.19. The molecule has 5 heteroatoms. The van der Waals surface area contributed by atoms with E-state index in [9.17, 15) is 13.0 Å². The van der Waals surface area contributed by atoms with Gasteiger partial charge in [0.2, 0.25) is 0 Å². The molecule has 0 aromatic rings. The molecule has 0 atom stereocenters. The molecule has 0 aliphatic heterocycles. The molecule has 0 aliphatic rings. The predicted molar refractivity (Wildman–Crippen MR) is 80.9 cm³/mol. The third-order valence-electron chi connectivity index (χ3n) is 3.42. The quantitative estimate of drug-likeness (QED) is 0.625. The normalized spacial score (nSPS) is 15.2. The Kier molecular flexibility index (Phi) is 6.10. The van der Waals surface area contributed by atoms with Crippen LogP contribution < -0.4 is 0 Å². The Bertz CT molecular complexity index is 335. The maximum Gasteiger partial charge on any atom is 0.268 e. The Hall–Kier alpha value is 0.127. The van der Waals surface area contributed by atoms with Crippen LogP contribution in [-0.4, -0.2) is 22.5 Å². The number of hydrogen-bond donors (Lipinski definition) is 1. The van der Waals surface area contributed by atoms with E-state index in [1.165, 1.54) is 0 Å². The smallest absolute Gasteiger partial charge is 0.268 e. The van der Waals surface area contributed by atoms with E-state index in [-0.39, 0.29) is 10.8 Å². The zero-order valence-corrected chi connectivity index (χ0v) is 15.1. The van der Waals surface area contributed by atoms with E-state index in [1.807, 2.05) is 6.92 Å². The van der Waals surface area contributed by atoms with Crippen molar-refractivity contribution in [3.8, 4) is 0 Å². The van der Waals surface area contributed by atoms with Crippen molar-refractivity contribution in [2.45, 2.75) is 66.8 Å². The largest absolute Gasteiger partial charge is 0.285 e. The first-order chi connectivity index (χ1) is 7.80. The minimum absolute atomic E-state index is 0.0636. The molecule has 0 rings (SSSR count). The molecule has 1 radical (unpaired) electrons. The predicted octanol–water partition coefficient (Wildman–Crippen LogP) is 3.21. The van der Waals surface area contributed by atoms with Gasteiger partial charge in [0.1, 0.15) is 4.87 Å².